The van der Waals surface area contributed by atoms with Crippen molar-refractivity contribution in [1.29, 1.82) is 0 Å². The number of aliphatic hydroxyl groups is 1. The lowest BCUT2D eigenvalue weighted by molar-refractivity contribution is 0.00716. The van der Waals surface area contributed by atoms with Crippen molar-refractivity contribution in [3.63, 3.8) is 0 Å². The van der Waals surface area contributed by atoms with Crippen LogP contribution in [-0.2, 0) is 4.74 Å². The van der Waals surface area contributed by atoms with Crippen LogP contribution >= 0.6 is 24.0 Å². The van der Waals surface area contributed by atoms with Crippen LogP contribution in [0, 0.1) is 11.3 Å². The highest BCUT2D eigenvalue weighted by atomic mass is 127. The van der Waals surface area contributed by atoms with Gasteiger partial charge in [-0.15, -0.1) is 24.0 Å². The van der Waals surface area contributed by atoms with Crippen molar-refractivity contribution in [3.05, 3.63) is 0 Å². The van der Waals surface area contributed by atoms with E-state index in [2.05, 4.69) is 24.5 Å². The molecule has 0 amide bonds. The van der Waals surface area contributed by atoms with Gasteiger partial charge in [0, 0.05) is 31.0 Å². The molecule has 130 valence electrons. The molecule has 5 nitrogen and oxygen atoms in total. The minimum Gasteiger partial charge on any atom is -0.392 e. The zero-order chi connectivity index (χ0) is 15.1. The van der Waals surface area contributed by atoms with Gasteiger partial charge in [-0.2, -0.15) is 0 Å². The number of rotatable bonds is 5. The third-order valence-corrected chi connectivity index (χ3v) is 4.80. The smallest absolute Gasteiger partial charge is 0.191 e. The van der Waals surface area contributed by atoms with Crippen LogP contribution in [0.4, 0.5) is 0 Å². The van der Waals surface area contributed by atoms with Gasteiger partial charge in [-0.3, -0.25) is 4.99 Å². The maximum atomic E-state index is 10.2. The fourth-order valence-corrected chi connectivity index (χ4v) is 3.15. The van der Waals surface area contributed by atoms with E-state index in [4.69, 9.17) is 9.73 Å². The Bertz CT molecular complexity index is 348. The minimum atomic E-state index is -0.221. The summed E-state index contributed by atoms with van der Waals surface area (Å²) >= 11 is 0. The van der Waals surface area contributed by atoms with Gasteiger partial charge in [-0.05, 0) is 26.2 Å². The summed E-state index contributed by atoms with van der Waals surface area (Å²) in [5, 5.41) is 17.0. The molecule has 0 aromatic rings. The van der Waals surface area contributed by atoms with Crippen LogP contribution in [-0.4, -0.2) is 50.0 Å². The van der Waals surface area contributed by atoms with E-state index >= 15 is 0 Å². The molecular formula is C16H32IN3O2. The lowest BCUT2D eigenvalue weighted by atomic mass is 9.73. The van der Waals surface area contributed by atoms with Crippen LogP contribution in [0.5, 0.6) is 0 Å². The predicted octanol–water partition coefficient (Wildman–Crippen LogP) is 2.14. The Morgan fingerprint density at radius 3 is 2.77 bits per heavy atom. The standard InChI is InChI=1S/C16H31N3O2.HI/c1-3-17-15(18-10-13-7-9-21-11-13)19-12-16(2)8-5-4-6-14(16)20;/h13-14,20H,3-12H2,1-2H3,(H2,17,18,19);1H. The van der Waals surface area contributed by atoms with Crippen molar-refractivity contribution in [3.8, 4) is 0 Å². The van der Waals surface area contributed by atoms with E-state index in [1.54, 1.807) is 0 Å². The first kappa shape index (κ1) is 20.0. The zero-order valence-corrected chi connectivity index (χ0v) is 16.3. The molecule has 6 heteroatoms. The van der Waals surface area contributed by atoms with Crippen molar-refractivity contribution >= 4 is 29.9 Å². The first-order chi connectivity index (χ1) is 10.1. The maximum Gasteiger partial charge on any atom is 0.191 e. The molecule has 3 N–H and O–H groups in total. The molecule has 0 aromatic heterocycles. The van der Waals surface area contributed by atoms with Gasteiger partial charge in [-0.25, -0.2) is 0 Å². The Morgan fingerprint density at radius 2 is 2.14 bits per heavy atom. The van der Waals surface area contributed by atoms with E-state index in [0.29, 0.717) is 12.5 Å². The van der Waals surface area contributed by atoms with Crippen LogP contribution in [0.2, 0.25) is 0 Å². The fraction of sp³-hybridized carbons (Fsp3) is 0.938. The number of hydrogen-bond acceptors (Lipinski definition) is 3. The number of ether oxygens (including phenoxy) is 1. The van der Waals surface area contributed by atoms with E-state index in [1.165, 1.54) is 6.42 Å². The van der Waals surface area contributed by atoms with Crippen LogP contribution in [0.25, 0.3) is 0 Å². The van der Waals surface area contributed by atoms with Crippen LogP contribution in [0.1, 0.15) is 46.0 Å². The van der Waals surface area contributed by atoms with Crippen LogP contribution < -0.4 is 10.6 Å². The lowest BCUT2D eigenvalue weighted by Gasteiger charge is -2.37. The molecule has 0 aromatic carbocycles. The Morgan fingerprint density at radius 1 is 1.32 bits per heavy atom. The molecule has 3 atom stereocenters. The number of aliphatic hydroxyl groups excluding tert-OH is 1. The lowest BCUT2D eigenvalue weighted by Crippen LogP contribution is -2.43. The fourth-order valence-electron chi connectivity index (χ4n) is 3.15. The summed E-state index contributed by atoms with van der Waals surface area (Å²) in [4.78, 5) is 4.71. The van der Waals surface area contributed by atoms with Crippen LogP contribution in [0.15, 0.2) is 4.99 Å². The number of guanidine groups is 1. The third kappa shape index (κ3) is 5.85. The molecule has 1 aliphatic heterocycles. The van der Waals surface area contributed by atoms with Crippen molar-refractivity contribution < 1.29 is 9.84 Å². The molecule has 1 saturated heterocycles. The molecular weight excluding hydrogens is 393 g/mol. The highest BCUT2D eigenvalue weighted by Crippen LogP contribution is 2.36. The predicted molar refractivity (Wildman–Crippen MR) is 101 cm³/mol. The van der Waals surface area contributed by atoms with E-state index < -0.39 is 0 Å². The molecule has 2 aliphatic rings. The average molecular weight is 425 g/mol. The van der Waals surface area contributed by atoms with Crippen molar-refractivity contribution in [2.45, 2.75) is 52.1 Å². The second-order valence-electron chi connectivity index (χ2n) is 6.72. The summed E-state index contributed by atoms with van der Waals surface area (Å²) < 4.78 is 5.40. The molecule has 2 fully saturated rings. The molecule has 1 aliphatic carbocycles. The molecule has 22 heavy (non-hydrogen) atoms. The van der Waals surface area contributed by atoms with Gasteiger partial charge in [0.25, 0.3) is 0 Å². The van der Waals surface area contributed by atoms with Gasteiger partial charge in [0.1, 0.15) is 0 Å². The van der Waals surface area contributed by atoms with Gasteiger partial charge >= 0.3 is 0 Å². The Balaban J connectivity index is 0.00000242. The van der Waals surface area contributed by atoms with E-state index in [1.807, 2.05) is 0 Å². The summed E-state index contributed by atoms with van der Waals surface area (Å²) in [5.74, 6) is 1.45. The zero-order valence-electron chi connectivity index (χ0n) is 13.9. The van der Waals surface area contributed by atoms with E-state index in [0.717, 1.165) is 57.9 Å². The monoisotopic (exact) mass is 425 g/mol. The SMILES string of the molecule is CCNC(=NCC1(C)CCCCC1O)NCC1CCOC1.I. The highest BCUT2D eigenvalue weighted by Gasteiger charge is 2.35. The summed E-state index contributed by atoms with van der Waals surface area (Å²) in [6, 6.07) is 0. The number of hydrogen-bond donors (Lipinski definition) is 3. The molecule has 2 rings (SSSR count). The van der Waals surface area contributed by atoms with Gasteiger partial charge < -0.3 is 20.5 Å². The molecule has 0 spiro atoms. The summed E-state index contributed by atoms with van der Waals surface area (Å²) in [7, 11) is 0. The molecule has 0 radical (unpaired) electrons. The minimum absolute atomic E-state index is 0. The molecule has 1 heterocycles. The van der Waals surface area contributed by atoms with E-state index in [9.17, 15) is 5.11 Å². The topological polar surface area (TPSA) is 65.9 Å². The number of nitrogens with zero attached hydrogens (tertiary/aromatic N) is 1. The van der Waals surface area contributed by atoms with Gasteiger partial charge in [0.05, 0.1) is 19.3 Å². The largest absolute Gasteiger partial charge is 0.392 e. The van der Waals surface area contributed by atoms with Crippen molar-refractivity contribution in [1.82, 2.24) is 10.6 Å². The molecule has 1 saturated carbocycles. The highest BCUT2D eigenvalue weighted by molar-refractivity contribution is 14.0. The quantitative estimate of drug-likeness (QED) is 0.359. The average Bonchev–Trinajstić information content (AvgIpc) is 2.99. The summed E-state index contributed by atoms with van der Waals surface area (Å²) in [5.41, 5.74) is -0.0724. The Hall–Kier alpha value is -0.0800. The number of aliphatic imine (C=N–C) groups is 1. The van der Waals surface area contributed by atoms with Gasteiger partial charge in [0.15, 0.2) is 5.96 Å². The van der Waals surface area contributed by atoms with Crippen LogP contribution in [0.3, 0.4) is 0 Å². The maximum absolute atomic E-state index is 10.2. The normalized spacial score (nSPS) is 32.4. The Kier molecular flexibility index (Phi) is 9.01. The molecule has 0 bridgehead atoms. The number of halogens is 1. The van der Waals surface area contributed by atoms with Gasteiger partial charge in [-0.1, -0.05) is 19.8 Å². The summed E-state index contributed by atoms with van der Waals surface area (Å²) in [6.45, 7) is 8.41. The Labute approximate surface area is 151 Å². The third-order valence-electron chi connectivity index (χ3n) is 4.80. The first-order valence-electron chi connectivity index (χ1n) is 8.42. The second kappa shape index (κ2) is 9.93. The van der Waals surface area contributed by atoms with Crippen molar-refractivity contribution in [2.75, 3.05) is 32.8 Å². The molecule has 3 unspecified atom stereocenters. The van der Waals surface area contributed by atoms with Gasteiger partial charge in [0.2, 0.25) is 0 Å². The first-order valence-corrected chi connectivity index (χ1v) is 8.42. The van der Waals surface area contributed by atoms with Crippen molar-refractivity contribution in [2.24, 2.45) is 16.3 Å². The van der Waals surface area contributed by atoms with E-state index in [-0.39, 0.29) is 35.5 Å². The summed E-state index contributed by atoms with van der Waals surface area (Å²) in [6.07, 6.45) is 5.22. The number of nitrogens with one attached hydrogen (secondary N) is 2. The second-order valence-corrected chi connectivity index (χ2v) is 6.72.